The molecular weight excluding hydrogens is 364 g/mol. The fourth-order valence-electron chi connectivity index (χ4n) is 2.95. The maximum Gasteiger partial charge on any atom is 0.272 e. The number of hydrogen-bond acceptors (Lipinski definition) is 5. The maximum atomic E-state index is 13.0. The molecule has 0 spiro atoms. The van der Waals surface area contributed by atoms with Gasteiger partial charge in [-0.15, -0.1) is 11.3 Å². The van der Waals surface area contributed by atoms with E-state index < -0.39 is 0 Å². The van der Waals surface area contributed by atoms with Gasteiger partial charge in [-0.3, -0.25) is 14.2 Å². The maximum absolute atomic E-state index is 13.0. The molecule has 0 fully saturated rings. The van der Waals surface area contributed by atoms with Gasteiger partial charge in [-0.1, -0.05) is 17.8 Å². The Morgan fingerprint density at radius 2 is 1.92 bits per heavy atom. The molecule has 0 radical (unpaired) electrons. The molecule has 0 saturated heterocycles. The van der Waals surface area contributed by atoms with E-state index in [1.165, 1.54) is 28.7 Å². The van der Waals surface area contributed by atoms with Gasteiger partial charge in [0.2, 0.25) is 0 Å². The second-order valence-corrected chi connectivity index (χ2v) is 8.68. The zero-order chi connectivity index (χ0) is 19.0. The second kappa shape index (κ2) is 7.37. The number of aromatic nitrogens is 2. The Labute approximate surface area is 161 Å². The summed E-state index contributed by atoms with van der Waals surface area (Å²) in [7, 11) is 0. The Bertz CT molecular complexity index is 1050. The van der Waals surface area contributed by atoms with Crippen LogP contribution in [-0.4, -0.2) is 20.6 Å². The van der Waals surface area contributed by atoms with Gasteiger partial charge >= 0.3 is 0 Å². The highest BCUT2D eigenvalue weighted by Crippen LogP contribution is 2.27. The van der Waals surface area contributed by atoms with Crippen molar-refractivity contribution in [2.45, 2.75) is 51.6 Å². The molecule has 136 valence electrons. The van der Waals surface area contributed by atoms with Crippen molar-refractivity contribution >= 4 is 39.1 Å². The highest BCUT2D eigenvalue weighted by Gasteiger charge is 2.22. The molecule has 0 saturated carbocycles. The largest absolute Gasteiger partial charge is 0.293 e. The Morgan fingerprint density at radius 1 is 1.23 bits per heavy atom. The predicted molar refractivity (Wildman–Crippen MR) is 110 cm³/mol. The number of thioether (sulfide) groups is 1. The van der Waals surface area contributed by atoms with Crippen LogP contribution in [0.15, 0.2) is 33.5 Å². The van der Waals surface area contributed by atoms with Crippen molar-refractivity contribution in [2.24, 2.45) is 0 Å². The number of hydrogen-bond donors (Lipinski definition) is 0. The van der Waals surface area contributed by atoms with Crippen LogP contribution in [0.5, 0.6) is 0 Å². The summed E-state index contributed by atoms with van der Waals surface area (Å²) in [5, 5.41) is 2.16. The fourth-order valence-corrected chi connectivity index (χ4v) is 4.77. The molecule has 0 amide bonds. The van der Waals surface area contributed by atoms with Crippen LogP contribution in [0.2, 0.25) is 0 Å². The van der Waals surface area contributed by atoms with E-state index in [1.807, 2.05) is 45.2 Å². The van der Waals surface area contributed by atoms with Gasteiger partial charge < -0.3 is 0 Å². The van der Waals surface area contributed by atoms with Crippen molar-refractivity contribution in [3.63, 3.8) is 0 Å². The molecule has 0 aliphatic heterocycles. The lowest BCUT2D eigenvalue weighted by molar-refractivity contribution is 0.0993. The molecule has 3 rings (SSSR count). The lowest BCUT2D eigenvalue weighted by Gasteiger charge is -2.16. The number of carbonyl (C=O) groups is 1. The minimum atomic E-state index is -0.323. The molecule has 2 heterocycles. The van der Waals surface area contributed by atoms with Crippen molar-refractivity contribution in [1.29, 1.82) is 0 Å². The molecule has 0 aliphatic carbocycles. The van der Waals surface area contributed by atoms with Crippen molar-refractivity contribution in [3.8, 4) is 0 Å². The molecule has 0 aliphatic rings. The number of aryl methyl sites for hydroxylation is 3. The normalized spacial score (nSPS) is 12.5. The van der Waals surface area contributed by atoms with Crippen molar-refractivity contribution in [1.82, 2.24) is 9.55 Å². The van der Waals surface area contributed by atoms with Gasteiger partial charge in [0.1, 0.15) is 4.70 Å². The lowest BCUT2D eigenvalue weighted by atomic mass is 9.97. The van der Waals surface area contributed by atoms with Gasteiger partial charge in [-0.05, 0) is 68.8 Å². The standard InChI is InChI=1S/C20H22N2O2S2/c1-6-22-19(24)18-16(7-8-25-18)21-20(22)26-14(5)17(23)15-10-12(3)11(2)9-13(15)4/h7-10,14H,6H2,1-5H3. The first kappa shape index (κ1) is 18.9. The molecule has 4 nitrogen and oxygen atoms in total. The summed E-state index contributed by atoms with van der Waals surface area (Å²) in [6.07, 6.45) is 0. The predicted octanol–water partition coefficient (Wildman–Crippen LogP) is 4.77. The van der Waals surface area contributed by atoms with E-state index in [2.05, 4.69) is 18.0 Å². The van der Waals surface area contributed by atoms with Gasteiger partial charge in [-0.2, -0.15) is 0 Å². The number of benzene rings is 1. The van der Waals surface area contributed by atoms with Gasteiger partial charge in [-0.25, -0.2) is 4.98 Å². The van der Waals surface area contributed by atoms with Gasteiger partial charge in [0.15, 0.2) is 10.9 Å². The third-order valence-corrected chi connectivity index (χ3v) is 6.59. The number of thiophene rings is 1. The molecule has 26 heavy (non-hydrogen) atoms. The van der Waals surface area contributed by atoms with E-state index in [4.69, 9.17) is 0 Å². The Hall–Kier alpha value is -1.92. The molecular formula is C20H22N2O2S2. The number of rotatable bonds is 5. The van der Waals surface area contributed by atoms with Gasteiger partial charge in [0.25, 0.3) is 5.56 Å². The Morgan fingerprint density at radius 3 is 2.62 bits per heavy atom. The van der Waals surface area contributed by atoms with E-state index in [-0.39, 0.29) is 16.6 Å². The van der Waals surface area contributed by atoms with Crippen molar-refractivity contribution in [3.05, 3.63) is 56.2 Å². The molecule has 3 aromatic rings. The first-order valence-electron chi connectivity index (χ1n) is 8.60. The van der Waals surface area contributed by atoms with Crippen LogP contribution in [-0.2, 0) is 6.54 Å². The van der Waals surface area contributed by atoms with E-state index in [9.17, 15) is 9.59 Å². The number of Topliss-reactive ketones (excluding diaryl/α,β-unsaturated/α-hetero) is 1. The Kier molecular flexibility index (Phi) is 5.34. The zero-order valence-electron chi connectivity index (χ0n) is 15.6. The van der Waals surface area contributed by atoms with Gasteiger partial charge in [0.05, 0.1) is 10.8 Å². The Balaban J connectivity index is 1.96. The van der Waals surface area contributed by atoms with E-state index in [0.717, 1.165) is 16.7 Å². The third kappa shape index (κ3) is 3.35. The van der Waals surface area contributed by atoms with Crippen LogP contribution in [0.25, 0.3) is 10.2 Å². The molecule has 1 unspecified atom stereocenters. The average Bonchev–Trinajstić information content (AvgIpc) is 3.06. The monoisotopic (exact) mass is 386 g/mol. The van der Waals surface area contributed by atoms with Crippen LogP contribution in [0.4, 0.5) is 0 Å². The third-order valence-electron chi connectivity index (χ3n) is 4.60. The van der Waals surface area contributed by atoms with Crippen molar-refractivity contribution < 1.29 is 4.79 Å². The number of fused-ring (bicyclic) bond motifs is 1. The number of nitrogens with zero attached hydrogens (tertiary/aromatic N) is 2. The van der Waals surface area contributed by atoms with E-state index >= 15 is 0 Å². The first-order valence-corrected chi connectivity index (χ1v) is 10.4. The van der Waals surface area contributed by atoms with Crippen LogP contribution in [0.1, 0.15) is 40.9 Å². The van der Waals surface area contributed by atoms with Crippen LogP contribution in [0.3, 0.4) is 0 Å². The summed E-state index contributed by atoms with van der Waals surface area (Å²) < 4.78 is 2.32. The first-order chi connectivity index (χ1) is 12.3. The zero-order valence-corrected chi connectivity index (χ0v) is 17.3. The number of carbonyl (C=O) groups excluding carboxylic acids is 1. The molecule has 0 bridgehead atoms. The topological polar surface area (TPSA) is 52.0 Å². The molecule has 2 aromatic heterocycles. The van der Waals surface area contributed by atoms with Crippen LogP contribution in [0, 0.1) is 20.8 Å². The molecule has 1 atom stereocenters. The fraction of sp³-hybridized carbons (Fsp3) is 0.350. The van der Waals surface area contributed by atoms with Crippen LogP contribution < -0.4 is 5.56 Å². The molecule has 1 aromatic carbocycles. The summed E-state index contributed by atoms with van der Waals surface area (Å²) in [6, 6.07) is 5.87. The highest BCUT2D eigenvalue weighted by molar-refractivity contribution is 8.00. The van der Waals surface area contributed by atoms with E-state index in [1.54, 1.807) is 4.57 Å². The SMILES string of the molecule is CCn1c(SC(C)C(=O)c2cc(C)c(C)cc2C)nc2ccsc2c1=O. The highest BCUT2D eigenvalue weighted by atomic mass is 32.2. The minimum Gasteiger partial charge on any atom is -0.293 e. The summed E-state index contributed by atoms with van der Waals surface area (Å²) in [4.78, 5) is 30.3. The summed E-state index contributed by atoms with van der Waals surface area (Å²) in [5.74, 6) is 0.0675. The number of ketones is 1. The van der Waals surface area contributed by atoms with Crippen molar-refractivity contribution in [2.75, 3.05) is 0 Å². The smallest absolute Gasteiger partial charge is 0.272 e. The summed E-state index contributed by atoms with van der Waals surface area (Å²) >= 11 is 2.76. The molecule has 0 N–H and O–H groups in total. The van der Waals surface area contributed by atoms with E-state index in [0.29, 0.717) is 21.9 Å². The summed E-state index contributed by atoms with van der Waals surface area (Å²) in [5.41, 5.74) is 4.70. The van der Waals surface area contributed by atoms with Crippen LogP contribution >= 0.6 is 23.1 Å². The minimum absolute atomic E-state index is 0.0305. The summed E-state index contributed by atoms with van der Waals surface area (Å²) in [6.45, 7) is 10.4. The lowest BCUT2D eigenvalue weighted by Crippen LogP contribution is -2.24. The quantitative estimate of drug-likeness (QED) is 0.360. The second-order valence-electron chi connectivity index (χ2n) is 6.45. The van der Waals surface area contributed by atoms with Gasteiger partial charge in [0, 0.05) is 12.1 Å². The average molecular weight is 387 g/mol. The molecule has 6 heteroatoms.